The molecule has 32 heavy (non-hydrogen) atoms. The van der Waals surface area contributed by atoms with Crippen LogP contribution in [-0.4, -0.2) is 28.0 Å². The van der Waals surface area contributed by atoms with Gasteiger partial charge in [0.2, 0.25) is 0 Å². The third-order valence-corrected chi connectivity index (χ3v) is 6.17. The van der Waals surface area contributed by atoms with Crippen LogP contribution >= 0.6 is 11.6 Å². The summed E-state index contributed by atoms with van der Waals surface area (Å²) in [6, 6.07) is 19.6. The zero-order valence-corrected chi connectivity index (χ0v) is 20.0. The fourth-order valence-corrected chi connectivity index (χ4v) is 3.77. The monoisotopic (exact) mass is 452 g/mol. The molecule has 0 fully saturated rings. The van der Waals surface area contributed by atoms with E-state index in [9.17, 15) is 4.79 Å². The molecule has 0 saturated carbocycles. The Balaban J connectivity index is 1.76. The first-order valence-electron chi connectivity index (χ1n) is 11.4. The highest BCUT2D eigenvalue weighted by molar-refractivity contribution is 6.31. The fraction of sp³-hybridized carbons (Fsp3) is 0.370. The van der Waals surface area contributed by atoms with Gasteiger partial charge >= 0.3 is 0 Å². The highest BCUT2D eigenvalue weighted by Gasteiger charge is 2.22. The second-order valence-corrected chi connectivity index (χ2v) is 8.54. The standard InChI is InChI=1S/C27H33ClN2O2/c1-4-6-18-32-25-15-13-22(14-16-25)27(31)30(21(3)5-2)20-24-11-9-17-29(24)19-23-10-7-8-12-26(23)28/h7-17,21H,4-6,18-20H2,1-3H3. The van der Waals surface area contributed by atoms with Crippen molar-refractivity contribution < 1.29 is 9.53 Å². The van der Waals surface area contributed by atoms with Crippen LogP contribution in [0.4, 0.5) is 0 Å². The Morgan fingerprint density at radius 1 is 1.06 bits per heavy atom. The molecule has 1 atom stereocenters. The van der Waals surface area contributed by atoms with E-state index < -0.39 is 0 Å². The lowest BCUT2D eigenvalue weighted by molar-refractivity contribution is 0.0667. The van der Waals surface area contributed by atoms with Crippen LogP contribution in [0.5, 0.6) is 5.75 Å². The Bertz CT molecular complexity index is 997. The molecule has 0 bridgehead atoms. The molecular formula is C27H33ClN2O2. The summed E-state index contributed by atoms with van der Waals surface area (Å²) in [6.07, 6.45) is 5.05. The number of carbonyl (C=O) groups is 1. The minimum absolute atomic E-state index is 0.0324. The van der Waals surface area contributed by atoms with Crippen molar-refractivity contribution in [3.63, 3.8) is 0 Å². The van der Waals surface area contributed by atoms with Crippen molar-refractivity contribution in [3.8, 4) is 5.75 Å². The molecule has 170 valence electrons. The average Bonchev–Trinajstić information content (AvgIpc) is 3.25. The molecule has 3 rings (SSSR count). The van der Waals surface area contributed by atoms with E-state index in [4.69, 9.17) is 16.3 Å². The van der Waals surface area contributed by atoms with Crippen molar-refractivity contribution in [2.45, 2.75) is 59.2 Å². The highest BCUT2D eigenvalue weighted by atomic mass is 35.5. The molecule has 0 radical (unpaired) electrons. The number of benzene rings is 2. The van der Waals surface area contributed by atoms with Gasteiger partial charge in [-0.05, 0) is 67.8 Å². The molecule has 0 saturated heterocycles. The number of unbranched alkanes of at least 4 members (excludes halogenated alkanes) is 1. The number of hydrogen-bond donors (Lipinski definition) is 0. The lowest BCUT2D eigenvalue weighted by Gasteiger charge is -2.29. The van der Waals surface area contributed by atoms with Crippen molar-refractivity contribution in [3.05, 3.63) is 88.7 Å². The van der Waals surface area contributed by atoms with Gasteiger partial charge in [0.15, 0.2) is 0 Å². The molecule has 1 heterocycles. The predicted octanol–water partition coefficient (Wildman–Crippen LogP) is 6.81. The van der Waals surface area contributed by atoms with Gasteiger partial charge in [0.05, 0.1) is 13.2 Å². The zero-order chi connectivity index (χ0) is 22.9. The van der Waals surface area contributed by atoms with Crippen LogP contribution in [0.2, 0.25) is 5.02 Å². The van der Waals surface area contributed by atoms with Gasteiger partial charge < -0.3 is 14.2 Å². The summed E-state index contributed by atoms with van der Waals surface area (Å²) in [6.45, 7) is 8.26. The van der Waals surface area contributed by atoms with Crippen LogP contribution in [-0.2, 0) is 13.1 Å². The van der Waals surface area contributed by atoms with Gasteiger partial charge in [0, 0.05) is 35.1 Å². The van der Waals surface area contributed by atoms with E-state index in [1.54, 1.807) is 0 Å². The summed E-state index contributed by atoms with van der Waals surface area (Å²) in [5.41, 5.74) is 2.82. The quantitative estimate of drug-likeness (QED) is 0.299. The summed E-state index contributed by atoms with van der Waals surface area (Å²) in [7, 11) is 0. The van der Waals surface area contributed by atoms with E-state index in [1.807, 2.05) is 65.7 Å². The SMILES string of the molecule is CCCCOc1ccc(C(=O)N(Cc2cccn2Cc2ccccc2Cl)C(C)CC)cc1. The van der Waals surface area contributed by atoms with E-state index in [-0.39, 0.29) is 11.9 Å². The maximum atomic E-state index is 13.4. The molecule has 1 aromatic heterocycles. The maximum Gasteiger partial charge on any atom is 0.254 e. The van der Waals surface area contributed by atoms with Crippen LogP contribution in [0.15, 0.2) is 66.9 Å². The second kappa shape index (κ2) is 11.8. The predicted molar refractivity (Wildman–Crippen MR) is 131 cm³/mol. The Morgan fingerprint density at radius 2 is 1.81 bits per heavy atom. The van der Waals surface area contributed by atoms with Crippen LogP contribution in [0.25, 0.3) is 0 Å². The molecule has 3 aromatic rings. The molecule has 1 unspecified atom stereocenters. The normalized spacial score (nSPS) is 11.9. The third kappa shape index (κ3) is 6.17. The molecular weight excluding hydrogens is 420 g/mol. The third-order valence-electron chi connectivity index (χ3n) is 5.81. The van der Waals surface area contributed by atoms with Gasteiger partial charge in [-0.25, -0.2) is 0 Å². The van der Waals surface area contributed by atoms with Crippen molar-refractivity contribution >= 4 is 17.5 Å². The first-order chi connectivity index (χ1) is 15.5. The number of carbonyl (C=O) groups excluding carboxylic acids is 1. The van der Waals surface area contributed by atoms with Crippen molar-refractivity contribution in [1.29, 1.82) is 0 Å². The Hall–Kier alpha value is -2.72. The summed E-state index contributed by atoms with van der Waals surface area (Å²) in [5, 5.41) is 0.753. The summed E-state index contributed by atoms with van der Waals surface area (Å²) < 4.78 is 7.90. The van der Waals surface area contributed by atoms with Crippen molar-refractivity contribution in [1.82, 2.24) is 9.47 Å². The van der Waals surface area contributed by atoms with E-state index in [2.05, 4.69) is 31.4 Å². The summed E-state index contributed by atoms with van der Waals surface area (Å²) in [4.78, 5) is 15.4. The largest absolute Gasteiger partial charge is 0.494 e. The van der Waals surface area contributed by atoms with Crippen molar-refractivity contribution in [2.24, 2.45) is 0 Å². The fourth-order valence-electron chi connectivity index (χ4n) is 3.57. The number of hydrogen-bond acceptors (Lipinski definition) is 2. The van der Waals surface area contributed by atoms with Crippen LogP contribution in [0, 0.1) is 0 Å². The molecule has 1 amide bonds. The minimum atomic E-state index is 0.0324. The van der Waals surface area contributed by atoms with Crippen LogP contribution in [0.1, 0.15) is 61.6 Å². The zero-order valence-electron chi connectivity index (χ0n) is 19.3. The second-order valence-electron chi connectivity index (χ2n) is 8.14. The van der Waals surface area contributed by atoms with Gasteiger partial charge in [0.25, 0.3) is 5.91 Å². The van der Waals surface area contributed by atoms with Gasteiger partial charge in [-0.2, -0.15) is 0 Å². The van der Waals surface area contributed by atoms with Gasteiger partial charge in [-0.15, -0.1) is 0 Å². The number of halogens is 1. The highest BCUT2D eigenvalue weighted by Crippen LogP contribution is 2.21. The molecule has 0 aliphatic carbocycles. The van der Waals surface area contributed by atoms with E-state index in [0.29, 0.717) is 25.3 Å². The molecule has 0 spiro atoms. The molecule has 0 N–H and O–H groups in total. The lowest BCUT2D eigenvalue weighted by atomic mass is 10.1. The van der Waals surface area contributed by atoms with Crippen LogP contribution < -0.4 is 4.74 Å². The number of rotatable bonds is 11. The number of amides is 1. The van der Waals surface area contributed by atoms with Gasteiger partial charge in [-0.1, -0.05) is 50.1 Å². The number of aromatic nitrogens is 1. The average molecular weight is 453 g/mol. The summed E-state index contributed by atoms with van der Waals surface area (Å²) >= 11 is 6.37. The van der Waals surface area contributed by atoms with E-state index >= 15 is 0 Å². The van der Waals surface area contributed by atoms with E-state index in [1.165, 1.54) is 0 Å². The Kier molecular flexibility index (Phi) is 8.81. The molecule has 0 aliphatic rings. The van der Waals surface area contributed by atoms with Crippen LogP contribution in [0.3, 0.4) is 0 Å². The van der Waals surface area contributed by atoms with Gasteiger partial charge in [-0.3, -0.25) is 4.79 Å². The van der Waals surface area contributed by atoms with E-state index in [0.717, 1.165) is 41.3 Å². The first-order valence-corrected chi connectivity index (χ1v) is 11.8. The first kappa shape index (κ1) is 23.9. The molecule has 2 aromatic carbocycles. The maximum absolute atomic E-state index is 13.4. The molecule has 0 aliphatic heterocycles. The topological polar surface area (TPSA) is 34.5 Å². The minimum Gasteiger partial charge on any atom is -0.494 e. The molecule has 5 heteroatoms. The van der Waals surface area contributed by atoms with Crippen molar-refractivity contribution in [2.75, 3.05) is 6.61 Å². The van der Waals surface area contributed by atoms with Gasteiger partial charge in [0.1, 0.15) is 5.75 Å². The Morgan fingerprint density at radius 3 is 2.50 bits per heavy atom. The lowest BCUT2D eigenvalue weighted by Crippen LogP contribution is -2.38. The summed E-state index contributed by atoms with van der Waals surface area (Å²) in [5.74, 6) is 0.837. The smallest absolute Gasteiger partial charge is 0.254 e. The number of nitrogens with zero attached hydrogens (tertiary/aromatic N) is 2. The molecule has 4 nitrogen and oxygen atoms in total. The number of ether oxygens (including phenoxy) is 1. The Labute approximate surface area is 196 Å².